The van der Waals surface area contributed by atoms with Crippen molar-refractivity contribution in [3.63, 3.8) is 0 Å². The number of carbonyl (C=O) groups is 2. The molecule has 5 aromatic rings. The molecule has 1 aliphatic heterocycles. The molecular weight excluding hydrogens is 631 g/mol. The average molecular weight is 676 g/mol. The Hall–Kier alpha value is -4.51. The molecule has 1 fully saturated rings. The number of rotatable bonds is 10. The summed E-state index contributed by atoms with van der Waals surface area (Å²) in [7, 11) is -2.26. The molecule has 0 saturated carbocycles. The summed E-state index contributed by atoms with van der Waals surface area (Å²) < 4.78 is 16.0. The summed E-state index contributed by atoms with van der Waals surface area (Å²) in [5.41, 5.74) is 2.78. The van der Waals surface area contributed by atoms with Crippen LogP contribution in [0.1, 0.15) is 73.0 Å². The van der Waals surface area contributed by atoms with Gasteiger partial charge in [0.1, 0.15) is 6.33 Å². The van der Waals surface area contributed by atoms with Crippen molar-refractivity contribution in [2.24, 2.45) is 5.92 Å². The molecule has 6 rings (SSSR count). The van der Waals surface area contributed by atoms with Crippen LogP contribution in [0.5, 0.6) is 0 Å². The monoisotopic (exact) mass is 675 g/mol. The predicted molar refractivity (Wildman–Crippen MR) is 194 cm³/mol. The highest BCUT2D eigenvalue weighted by Gasteiger charge is 2.50. The van der Waals surface area contributed by atoms with Crippen LogP contribution in [0.2, 0.25) is 18.1 Å². The van der Waals surface area contributed by atoms with Crippen molar-refractivity contribution in [3.8, 4) is 0 Å². The van der Waals surface area contributed by atoms with Crippen LogP contribution in [0.4, 0.5) is 5.82 Å². The highest BCUT2D eigenvalue weighted by molar-refractivity contribution is 6.74. The number of aromatic nitrogens is 4. The van der Waals surface area contributed by atoms with E-state index in [1.807, 2.05) is 22.8 Å². The maximum atomic E-state index is 14.1. The highest BCUT2D eigenvalue weighted by atomic mass is 28.4. The Morgan fingerprint density at radius 2 is 1.43 bits per heavy atom. The second-order valence-corrected chi connectivity index (χ2v) is 19.0. The molecule has 1 aliphatic rings. The number of hydrogen-bond acceptors (Lipinski definition) is 7. The van der Waals surface area contributed by atoms with Gasteiger partial charge in [-0.25, -0.2) is 19.9 Å². The number of hydrogen-bond donors (Lipinski definition) is 0. The Morgan fingerprint density at radius 3 is 1.98 bits per heavy atom. The van der Waals surface area contributed by atoms with E-state index in [1.54, 1.807) is 54.9 Å². The van der Waals surface area contributed by atoms with Crippen molar-refractivity contribution in [2.75, 3.05) is 4.90 Å². The Morgan fingerprint density at radius 1 is 0.857 bits per heavy atom. The number of imidazole rings is 1. The van der Waals surface area contributed by atoms with Gasteiger partial charge in [0.05, 0.1) is 18.5 Å². The Balaban J connectivity index is 1.43. The molecule has 10 heteroatoms. The fraction of sp³-hybridized carbons (Fsp3) is 0.359. The molecule has 0 spiro atoms. The first-order valence-electron chi connectivity index (χ1n) is 17.0. The zero-order chi connectivity index (χ0) is 34.8. The van der Waals surface area contributed by atoms with E-state index in [-0.39, 0.29) is 29.0 Å². The number of aryl methyl sites for hydroxylation is 1. The van der Waals surface area contributed by atoms with E-state index >= 15 is 0 Å². The van der Waals surface area contributed by atoms with Gasteiger partial charge >= 0.3 is 0 Å². The first-order chi connectivity index (χ1) is 23.5. The Kier molecular flexibility index (Phi) is 9.92. The number of imide groups is 1. The van der Waals surface area contributed by atoms with Crippen molar-refractivity contribution < 1.29 is 18.8 Å². The summed E-state index contributed by atoms with van der Waals surface area (Å²) >= 11 is 0. The maximum Gasteiger partial charge on any atom is 0.266 e. The Labute approximate surface area is 289 Å². The van der Waals surface area contributed by atoms with Gasteiger partial charge in [-0.15, -0.1) is 0 Å². The number of fused-ring (bicyclic) bond motifs is 1. The SMILES string of the molecule is CC[C@H]1O[C@@H](n2cnc3c(N(C(=O)c4ccccc4)C(=O)c4ccccc4)ncnc32)C(O[Si](C)(C)C(C)(C)C)[C@H]1CCc1ccccc1. The van der Waals surface area contributed by atoms with Crippen molar-refractivity contribution in [1.82, 2.24) is 19.5 Å². The van der Waals surface area contributed by atoms with Gasteiger partial charge in [0.25, 0.3) is 11.8 Å². The summed E-state index contributed by atoms with van der Waals surface area (Å²) in [5.74, 6) is -0.780. The molecule has 3 heterocycles. The smallest absolute Gasteiger partial charge is 0.266 e. The molecule has 49 heavy (non-hydrogen) atoms. The van der Waals surface area contributed by atoms with Gasteiger partial charge in [-0.3, -0.25) is 14.2 Å². The molecule has 0 bridgehead atoms. The first-order valence-corrected chi connectivity index (χ1v) is 19.9. The van der Waals surface area contributed by atoms with Crippen LogP contribution in [0.15, 0.2) is 104 Å². The quantitative estimate of drug-likeness (QED) is 0.109. The van der Waals surface area contributed by atoms with E-state index in [4.69, 9.17) is 14.1 Å². The van der Waals surface area contributed by atoms with Crippen molar-refractivity contribution in [2.45, 2.75) is 83.5 Å². The molecule has 0 radical (unpaired) electrons. The van der Waals surface area contributed by atoms with Crippen LogP contribution in [0, 0.1) is 5.92 Å². The predicted octanol–water partition coefficient (Wildman–Crippen LogP) is 8.26. The molecule has 9 nitrogen and oxygen atoms in total. The summed E-state index contributed by atoms with van der Waals surface area (Å²) in [6.07, 6.45) is 4.86. The van der Waals surface area contributed by atoms with E-state index in [0.29, 0.717) is 22.3 Å². The van der Waals surface area contributed by atoms with Gasteiger partial charge in [0.15, 0.2) is 31.5 Å². The third-order valence-corrected chi connectivity index (χ3v) is 14.5. The van der Waals surface area contributed by atoms with Crippen LogP contribution in [0.25, 0.3) is 11.2 Å². The van der Waals surface area contributed by atoms with Gasteiger partial charge in [0.2, 0.25) is 0 Å². The molecule has 2 aromatic heterocycles. The molecular formula is C39H45N5O4Si. The topological polar surface area (TPSA) is 99.4 Å². The third kappa shape index (κ3) is 6.99. The summed E-state index contributed by atoms with van der Waals surface area (Å²) in [6.45, 7) is 13.4. The van der Waals surface area contributed by atoms with Gasteiger partial charge in [-0.2, -0.15) is 0 Å². The second-order valence-electron chi connectivity index (χ2n) is 14.2. The van der Waals surface area contributed by atoms with Crippen LogP contribution in [-0.4, -0.2) is 51.9 Å². The minimum atomic E-state index is -2.26. The molecule has 4 atom stereocenters. The van der Waals surface area contributed by atoms with E-state index in [9.17, 15) is 9.59 Å². The van der Waals surface area contributed by atoms with Gasteiger partial charge < -0.3 is 9.16 Å². The fourth-order valence-electron chi connectivity index (χ4n) is 6.29. The molecule has 1 saturated heterocycles. The number of anilines is 1. The minimum absolute atomic E-state index is 0.0196. The maximum absolute atomic E-state index is 14.1. The lowest BCUT2D eigenvalue weighted by Gasteiger charge is -2.41. The normalized spacial score (nSPS) is 19.6. The van der Waals surface area contributed by atoms with Gasteiger partial charge in [-0.05, 0) is 67.2 Å². The summed E-state index contributed by atoms with van der Waals surface area (Å²) in [4.78, 5) is 43.1. The lowest BCUT2D eigenvalue weighted by Crippen LogP contribution is -2.47. The zero-order valence-electron chi connectivity index (χ0n) is 29.1. The third-order valence-electron chi connectivity index (χ3n) is 10.0. The second kappa shape index (κ2) is 14.1. The summed E-state index contributed by atoms with van der Waals surface area (Å²) in [5, 5.41) is -0.0196. The van der Waals surface area contributed by atoms with Crippen LogP contribution >= 0.6 is 0 Å². The largest absolute Gasteiger partial charge is 0.409 e. The molecule has 254 valence electrons. The summed E-state index contributed by atoms with van der Waals surface area (Å²) in [6, 6.07) is 28.0. The average Bonchev–Trinajstić information content (AvgIpc) is 3.69. The van der Waals surface area contributed by atoms with Crippen LogP contribution < -0.4 is 4.90 Å². The zero-order valence-corrected chi connectivity index (χ0v) is 30.1. The number of ether oxygens (including phenoxy) is 1. The first kappa shape index (κ1) is 34.4. The molecule has 2 amide bonds. The molecule has 3 aromatic carbocycles. The standard InChI is InChI=1S/C39H45N5O4Si/c1-7-31-30(24-23-27-17-11-8-12-18-27)33(48-49(5,6)39(2,3)4)38(47-31)43-26-42-32-34(43)40-25-41-35(32)44(36(45)28-19-13-9-14-20-28)37(46)29-21-15-10-16-22-29/h8-22,25-26,30-31,33,38H,7,23-24H2,1-6H3/t30-,31+,33?,38+/m0/s1. The van der Waals surface area contributed by atoms with E-state index < -0.39 is 26.4 Å². The lowest BCUT2D eigenvalue weighted by atomic mass is 9.90. The number of nitrogens with zero attached hydrogens (tertiary/aromatic N) is 5. The van der Waals surface area contributed by atoms with Crippen LogP contribution in [-0.2, 0) is 15.6 Å². The van der Waals surface area contributed by atoms with Crippen molar-refractivity contribution in [1.29, 1.82) is 0 Å². The number of carbonyl (C=O) groups excluding carboxylic acids is 2. The van der Waals surface area contributed by atoms with Gasteiger partial charge in [-0.1, -0.05) is 94.4 Å². The molecule has 0 N–H and O–H groups in total. The van der Waals surface area contributed by atoms with E-state index in [1.165, 1.54) is 11.9 Å². The van der Waals surface area contributed by atoms with Crippen molar-refractivity contribution in [3.05, 3.63) is 120 Å². The fourth-order valence-corrected chi connectivity index (χ4v) is 7.61. The molecule has 1 unspecified atom stereocenters. The minimum Gasteiger partial charge on any atom is -0.409 e. The highest BCUT2D eigenvalue weighted by Crippen LogP contribution is 2.46. The van der Waals surface area contributed by atoms with E-state index in [0.717, 1.165) is 24.2 Å². The molecule has 0 aliphatic carbocycles. The van der Waals surface area contributed by atoms with E-state index in [2.05, 4.69) is 75.0 Å². The van der Waals surface area contributed by atoms with Crippen molar-refractivity contribution >= 4 is 37.1 Å². The van der Waals surface area contributed by atoms with Crippen LogP contribution in [0.3, 0.4) is 0 Å². The lowest BCUT2D eigenvalue weighted by molar-refractivity contribution is -0.0322. The number of amides is 2. The van der Waals surface area contributed by atoms with Gasteiger partial charge in [0, 0.05) is 17.0 Å². The Bertz CT molecular complexity index is 1840. The number of benzene rings is 3.